The number of aryl methyl sites for hydroxylation is 2. The third kappa shape index (κ3) is 4.77. The van der Waals surface area contributed by atoms with Crippen LogP contribution in [-0.4, -0.2) is 29.9 Å². The van der Waals surface area contributed by atoms with E-state index in [4.69, 9.17) is 9.15 Å². The van der Waals surface area contributed by atoms with Crippen molar-refractivity contribution in [1.82, 2.24) is 10.3 Å². The lowest BCUT2D eigenvalue weighted by molar-refractivity contribution is -0.122. The van der Waals surface area contributed by atoms with E-state index in [-0.39, 0.29) is 18.4 Å². The maximum atomic E-state index is 12.6. The summed E-state index contributed by atoms with van der Waals surface area (Å²) in [6.45, 7) is 6.02. The minimum absolute atomic E-state index is 0.0470. The standard InChI is InChI=1S/C20H21N3O4S/c1-4-21-17(24)11-26-15-8-6-14(7-9-15)23-19(25)18-13(3)22-20(28-18)16-10-5-12(2)27-16/h5-10H,4,11H2,1-3H3,(H,21,24)(H,23,25). The van der Waals surface area contributed by atoms with Gasteiger partial charge in [0, 0.05) is 12.2 Å². The van der Waals surface area contributed by atoms with Crippen LogP contribution in [0.2, 0.25) is 0 Å². The van der Waals surface area contributed by atoms with Crippen LogP contribution in [0.5, 0.6) is 5.75 Å². The third-order valence-corrected chi connectivity index (χ3v) is 4.98. The number of nitrogens with one attached hydrogen (secondary N) is 2. The summed E-state index contributed by atoms with van der Waals surface area (Å²) >= 11 is 1.29. The average Bonchev–Trinajstić information content (AvgIpc) is 3.27. The molecule has 8 heteroatoms. The maximum absolute atomic E-state index is 12.6. The zero-order valence-corrected chi connectivity index (χ0v) is 16.7. The van der Waals surface area contributed by atoms with Crippen LogP contribution in [0, 0.1) is 13.8 Å². The van der Waals surface area contributed by atoms with Crippen LogP contribution in [-0.2, 0) is 4.79 Å². The summed E-state index contributed by atoms with van der Waals surface area (Å²) in [5.74, 6) is 1.58. The van der Waals surface area contributed by atoms with Gasteiger partial charge in [-0.2, -0.15) is 0 Å². The number of benzene rings is 1. The van der Waals surface area contributed by atoms with Crippen LogP contribution < -0.4 is 15.4 Å². The molecule has 0 unspecified atom stereocenters. The fourth-order valence-corrected chi connectivity index (χ4v) is 3.40. The molecule has 1 aromatic carbocycles. The molecule has 0 atom stereocenters. The molecule has 0 fully saturated rings. The monoisotopic (exact) mass is 399 g/mol. The lowest BCUT2D eigenvalue weighted by atomic mass is 10.3. The van der Waals surface area contributed by atoms with E-state index in [1.807, 2.05) is 26.0 Å². The van der Waals surface area contributed by atoms with E-state index in [0.717, 1.165) is 5.76 Å². The van der Waals surface area contributed by atoms with Crippen LogP contribution in [0.1, 0.15) is 28.0 Å². The van der Waals surface area contributed by atoms with Gasteiger partial charge in [0.25, 0.3) is 11.8 Å². The van der Waals surface area contributed by atoms with E-state index in [2.05, 4.69) is 15.6 Å². The van der Waals surface area contributed by atoms with E-state index in [1.54, 1.807) is 31.2 Å². The van der Waals surface area contributed by atoms with Crippen molar-refractivity contribution in [3.63, 3.8) is 0 Å². The molecule has 3 aromatic rings. The Morgan fingerprint density at radius 3 is 2.54 bits per heavy atom. The summed E-state index contributed by atoms with van der Waals surface area (Å²) in [7, 11) is 0. The molecule has 146 valence electrons. The van der Waals surface area contributed by atoms with Crippen molar-refractivity contribution in [2.24, 2.45) is 0 Å². The topological polar surface area (TPSA) is 93.5 Å². The minimum Gasteiger partial charge on any atom is -0.484 e. The van der Waals surface area contributed by atoms with Crippen molar-refractivity contribution >= 4 is 28.8 Å². The Morgan fingerprint density at radius 1 is 1.14 bits per heavy atom. The summed E-state index contributed by atoms with van der Waals surface area (Å²) < 4.78 is 11.0. The molecule has 0 aliphatic rings. The molecule has 0 bridgehead atoms. The fraction of sp³-hybridized carbons (Fsp3) is 0.250. The lowest BCUT2D eigenvalue weighted by Crippen LogP contribution is -2.28. The Labute approximate surface area is 166 Å². The van der Waals surface area contributed by atoms with Crippen molar-refractivity contribution in [2.75, 3.05) is 18.5 Å². The van der Waals surface area contributed by atoms with Crippen molar-refractivity contribution in [2.45, 2.75) is 20.8 Å². The van der Waals surface area contributed by atoms with Gasteiger partial charge >= 0.3 is 0 Å². The Morgan fingerprint density at radius 2 is 1.89 bits per heavy atom. The summed E-state index contributed by atoms with van der Waals surface area (Å²) in [5, 5.41) is 6.18. The first kappa shape index (κ1) is 19.6. The number of hydrogen-bond acceptors (Lipinski definition) is 6. The fourth-order valence-electron chi connectivity index (χ4n) is 2.48. The molecular formula is C20H21N3O4S. The van der Waals surface area contributed by atoms with Gasteiger partial charge < -0.3 is 19.8 Å². The highest BCUT2D eigenvalue weighted by atomic mass is 32.1. The zero-order valence-electron chi connectivity index (χ0n) is 15.9. The third-order valence-electron chi connectivity index (χ3n) is 3.81. The lowest BCUT2D eigenvalue weighted by Gasteiger charge is -2.08. The molecule has 3 rings (SSSR count). The number of nitrogens with zero attached hydrogens (tertiary/aromatic N) is 1. The maximum Gasteiger partial charge on any atom is 0.267 e. The quantitative estimate of drug-likeness (QED) is 0.630. The van der Waals surface area contributed by atoms with Gasteiger partial charge in [-0.25, -0.2) is 4.98 Å². The van der Waals surface area contributed by atoms with Crippen LogP contribution in [0.4, 0.5) is 5.69 Å². The molecule has 2 amide bonds. The first-order chi connectivity index (χ1) is 13.5. The molecule has 2 aromatic heterocycles. The second-order valence-corrected chi connectivity index (χ2v) is 7.06. The summed E-state index contributed by atoms with van der Waals surface area (Å²) in [6.07, 6.45) is 0. The largest absolute Gasteiger partial charge is 0.484 e. The first-order valence-electron chi connectivity index (χ1n) is 8.81. The Balaban J connectivity index is 1.63. The van der Waals surface area contributed by atoms with E-state index < -0.39 is 0 Å². The van der Waals surface area contributed by atoms with Crippen molar-refractivity contribution < 1.29 is 18.7 Å². The molecule has 0 radical (unpaired) electrons. The number of carbonyl (C=O) groups excluding carboxylic acids is 2. The SMILES string of the molecule is CCNC(=O)COc1ccc(NC(=O)c2sc(-c3ccc(C)o3)nc2C)cc1. The number of amides is 2. The highest BCUT2D eigenvalue weighted by Crippen LogP contribution is 2.30. The van der Waals surface area contributed by atoms with Crippen LogP contribution in [0.25, 0.3) is 10.8 Å². The van der Waals surface area contributed by atoms with Crippen LogP contribution in [0.3, 0.4) is 0 Å². The number of furan rings is 1. The van der Waals surface area contributed by atoms with Gasteiger partial charge in [0.1, 0.15) is 16.4 Å². The van der Waals surface area contributed by atoms with Gasteiger partial charge in [-0.1, -0.05) is 0 Å². The van der Waals surface area contributed by atoms with Crippen molar-refractivity contribution in [1.29, 1.82) is 0 Å². The summed E-state index contributed by atoms with van der Waals surface area (Å²) in [5.41, 5.74) is 1.27. The summed E-state index contributed by atoms with van der Waals surface area (Å²) in [6, 6.07) is 10.5. The Bertz CT molecular complexity index is 976. The van der Waals surface area contributed by atoms with Gasteiger partial charge in [-0.05, 0) is 57.2 Å². The van der Waals surface area contributed by atoms with Gasteiger partial charge in [0.2, 0.25) is 0 Å². The minimum atomic E-state index is -0.236. The van der Waals surface area contributed by atoms with E-state index in [0.29, 0.717) is 39.3 Å². The van der Waals surface area contributed by atoms with Gasteiger partial charge in [-0.15, -0.1) is 11.3 Å². The number of rotatable bonds is 7. The first-order valence-corrected chi connectivity index (χ1v) is 9.63. The van der Waals surface area contributed by atoms with Crippen molar-refractivity contribution in [3.05, 3.63) is 52.7 Å². The van der Waals surface area contributed by atoms with Crippen molar-refractivity contribution in [3.8, 4) is 16.5 Å². The molecule has 0 aliphatic carbocycles. The predicted molar refractivity (Wildman–Crippen MR) is 108 cm³/mol. The molecule has 0 aliphatic heterocycles. The number of thiazole rings is 1. The van der Waals surface area contributed by atoms with Gasteiger partial charge in [0.05, 0.1) is 5.69 Å². The highest BCUT2D eigenvalue weighted by molar-refractivity contribution is 7.17. The number of likely N-dealkylation sites (N-methyl/N-ethyl adjacent to an activating group) is 1. The second-order valence-electron chi connectivity index (χ2n) is 6.06. The van der Waals surface area contributed by atoms with Gasteiger partial charge in [0.15, 0.2) is 17.4 Å². The van der Waals surface area contributed by atoms with Crippen LogP contribution >= 0.6 is 11.3 Å². The van der Waals surface area contributed by atoms with Gasteiger partial charge in [-0.3, -0.25) is 9.59 Å². The van der Waals surface area contributed by atoms with E-state index >= 15 is 0 Å². The molecule has 2 heterocycles. The normalized spacial score (nSPS) is 10.5. The number of carbonyl (C=O) groups is 2. The Kier molecular flexibility index (Phi) is 6.10. The second kappa shape index (κ2) is 8.71. The van der Waals surface area contributed by atoms with E-state index in [9.17, 15) is 9.59 Å². The van der Waals surface area contributed by atoms with Crippen LogP contribution in [0.15, 0.2) is 40.8 Å². The average molecular weight is 399 g/mol. The Hall–Kier alpha value is -3.13. The van der Waals surface area contributed by atoms with E-state index in [1.165, 1.54) is 11.3 Å². The number of ether oxygens (including phenoxy) is 1. The molecule has 0 saturated carbocycles. The predicted octanol–water partition coefficient (Wildman–Crippen LogP) is 3.79. The smallest absolute Gasteiger partial charge is 0.267 e. The molecule has 7 nitrogen and oxygen atoms in total. The molecular weight excluding hydrogens is 378 g/mol. The number of aromatic nitrogens is 1. The number of hydrogen-bond donors (Lipinski definition) is 2. The highest BCUT2D eigenvalue weighted by Gasteiger charge is 2.18. The molecule has 2 N–H and O–H groups in total. The molecule has 28 heavy (non-hydrogen) atoms. The molecule has 0 spiro atoms. The number of anilines is 1. The zero-order chi connectivity index (χ0) is 20.1. The summed E-state index contributed by atoms with van der Waals surface area (Å²) in [4.78, 5) is 29.0. The molecule has 0 saturated heterocycles.